The van der Waals surface area contributed by atoms with Crippen molar-refractivity contribution in [2.45, 2.75) is 12.8 Å². The van der Waals surface area contributed by atoms with Gasteiger partial charge in [0.15, 0.2) is 0 Å². The zero-order valence-electron chi connectivity index (χ0n) is 13.0. The molecule has 0 atom stereocenters. The third kappa shape index (κ3) is 4.64. The van der Waals surface area contributed by atoms with Crippen LogP contribution in [-0.4, -0.2) is 59.5 Å². The van der Waals surface area contributed by atoms with E-state index in [4.69, 9.17) is 16.7 Å². The minimum atomic E-state index is 0.226. The molecule has 1 saturated heterocycles. The predicted octanol–water partition coefficient (Wildman–Crippen LogP) is 2.29. The molecule has 1 aromatic carbocycles. The van der Waals surface area contributed by atoms with Gasteiger partial charge in [-0.1, -0.05) is 35.1 Å². The van der Waals surface area contributed by atoms with Gasteiger partial charge in [0, 0.05) is 37.6 Å². The molecule has 1 aliphatic rings. The Kier molecular flexibility index (Phi) is 5.83. The van der Waals surface area contributed by atoms with Gasteiger partial charge in [-0.15, -0.1) is 10.2 Å². The summed E-state index contributed by atoms with van der Waals surface area (Å²) in [6.45, 7) is 4.92. The Morgan fingerprint density at radius 1 is 1.09 bits per heavy atom. The zero-order valence-corrected chi connectivity index (χ0v) is 14.6. The summed E-state index contributed by atoms with van der Waals surface area (Å²) in [5.74, 6) is 0. The van der Waals surface area contributed by atoms with Crippen molar-refractivity contribution in [3.05, 3.63) is 39.9 Å². The van der Waals surface area contributed by atoms with Crippen LogP contribution in [-0.2, 0) is 6.42 Å². The van der Waals surface area contributed by atoms with Crippen molar-refractivity contribution < 1.29 is 5.11 Å². The van der Waals surface area contributed by atoms with Crippen LogP contribution in [0.5, 0.6) is 0 Å². The first-order chi connectivity index (χ1) is 11.2. The molecule has 0 spiro atoms. The third-order valence-corrected chi connectivity index (χ3v) is 5.24. The van der Waals surface area contributed by atoms with Gasteiger partial charge >= 0.3 is 0 Å². The maximum absolute atomic E-state index is 9.07. The molecule has 0 saturated carbocycles. The number of halogens is 1. The van der Waals surface area contributed by atoms with Gasteiger partial charge in [0.1, 0.15) is 5.01 Å². The van der Waals surface area contributed by atoms with Crippen LogP contribution < -0.4 is 4.90 Å². The molecular formula is C16H21ClN4OS. The van der Waals surface area contributed by atoms with Crippen molar-refractivity contribution in [3.63, 3.8) is 0 Å². The number of hydrogen-bond acceptors (Lipinski definition) is 6. The molecule has 1 aliphatic heterocycles. The zero-order chi connectivity index (χ0) is 16.1. The van der Waals surface area contributed by atoms with Gasteiger partial charge in [-0.3, -0.25) is 4.90 Å². The molecule has 3 rings (SSSR count). The van der Waals surface area contributed by atoms with Crippen LogP contribution in [0.25, 0.3) is 0 Å². The van der Waals surface area contributed by atoms with E-state index in [1.807, 2.05) is 24.3 Å². The lowest BCUT2D eigenvalue weighted by molar-refractivity contribution is 0.204. The van der Waals surface area contributed by atoms with Crippen molar-refractivity contribution in [1.29, 1.82) is 0 Å². The Morgan fingerprint density at radius 3 is 2.70 bits per heavy atom. The fourth-order valence-corrected chi connectivity index (χ4v) is 3.80. The SMILES string of the molecule is OCCN1CCCN(c2nnc(Cc3ccc(Cl)cc3)s2)CC1. The molecule has 2 heterocycles. The maximum atomic E-state index is 9.07. The molecular weight excluding hydrogens is 332 g/mol. The Balaban J connectivity index is 1.61. The number of aliphatic hydroxyl groups excluding tert-OH is 1. The summed E-state index contributed by atoms with van der Waals surface area (Å²) >= 11 is 7.58. The summed E-state index contributed by atoms with van der Waals surface area (Å²) in [5.41, 5.74) is 1.20. The van der Waals surface area contributed by atoms with Gasteiger partial charge in [0.25, 0.3) is 0 Å². The summed E-state index contributed by atoms with van der Waals surface area (Å²) in [6, 6.07) is 7.87. The summed E-state index contributed by atoms with van der Waals surface area (Å²) in [4.78, 5) is 4.61. The first kappa shape index (κ1) is 16.6. The van der Waals surface area contributed by atoms with Crippen molar-refractivity contribution in [2.75, 3.05) is 44.2 Å². The van der Waals surface area contributed by atoms with Gasteiger partial charge in [-0.2, -0.15) is 0 Å². The van der Waals surface area contributed by atoms with Crippen LogP contribution >= 0.6 is 22.9 Å². The first-order valence-electron chi connectivity index (χ1n) is 7.89. The van der Waals surface area contributed by atoms with E-state index in [0.29, 0.717) is 0 Å². The van der Waals surface area contributed by atoms with Gasteiger partial charge in [-0.25, -0.2) is 0 Å². The number of aliphatic hydroxyl groups is 1. The number of benzene rings is 1. The Labute approximate surface area is 145 Å². The molecule has 0 amide bonds. The van der Waals surface area contributed by atoms with Crippen molar-refractivity contribution in [1.82, 2.24) is 15.1 Å². The highest BCUT2D eigenvalue weighted by Crippen LogP contribution is 2.24. The molecule has 124 valence electrons. The number of β-amino-alcohol motifs (C(OH)–C–C–N with tert-alkyl or cyclic N) is 1. The van der Waals surface area contributed by atoms with Crippen LogP contribution in [0.4, 0.5) is 5.13 Å². The minimum Gasteiger partial charge on any atom is -0.395 e. The maximum Gasteiger partial charge on any atom is 0.208 e. The molecule has 1 aromatic heterocycles. The molecule has 1 fully saturated rings. The average Bonchev–Trinajstić information content (AvgIpc) is 2.88. The van der Waals surface area contributed by atoms with Crippen LogP contribution in [0.15, 0.2) is 24.3 Å². The normalized spacial score (nSPS) is 16.5. The number of aromatic nitrogens is 2. The fraction of sp³-hybridized carbons (Fsp3) is 0.500. The number of rotatable bonds is 5. The predicted molar refractivity (Wildman–Crippen MR) is 94.5 cm³/mol. The summed E-state index contributed by atoms with van der Waals surface area (Å²) < 4.78 is 0. The standard InChI is InChI=1S/C16H21ClN4OS/c17-14-4-2-13(3-5-14)12-15-18-19-16(23-15)21-7-1-6-20(8-9-21)10-11-22/h2-5,22H,1,6-12H2. The highest BCUT2D eigenvalue weighted by molar-refractivity contribution is 7.15. The molecule has 7 heteroatoms. The van der Waals surface area contributed by atoms with Gasteiger partial charge in [0.05, 0.1) is 6.61 Å². The largest absolute Gasteiger partial charge is 0.395 e. The summed E-state index contributed by atoms with van der Waals surface area (Å²) in [6.07, 6.45) is 1.88. The fourth-order valence-electron chi connectivity index (χ4n) is 2.75. The summed E-state index contributed by atoms with van der Waals surface area (Å²) in [5, 5.41) is 20.6. The topological polar surface area (TPSA) is 52.5 Å². The molecule has 0 radical (unpaired) electrons. The lowest BCUT2D eigenvalue weighted by atomic mass is 10.2. The van der Waals surface area contributed by atoms with E-state index in [1.54, 1.807) is 11.3 Å². The van der Waals surface area contributed by atoms with E-state index in [9.17, 15) is 0 Å². The Bertz CT molecular complexity index is 619. The highest BCUT2D eigenvalue weighted by Gasteiger charge is 2.18. The lowest BCUT2D eigenvalue weighted by Gasteiger charge is -2.20. The average molecular weight is 353 g/mol. The molecule has 2 aromatic rings. The smallest absolute Gasteiger partial charge is 0.208 e. The van der Waals surface area contributed by atoms with E-state index >= 15 is 0 Å². The number of nitrogens with zero attached hydrogens (tertiary/aromatic N) is 4. The molecule has 23 heavy (non-hydrogen) atoms. The van der Waals surface area contributed by atoms with Gasteiger partial charge < -0.3 is 10.0 Å². The quantitative estimate of drug-likeness (QED) is 0.894. The van der Waals surface area contributed by atoms with Crippen LogP contribution in [0.2, 0.25) is 5.02 Å². The van der Waals surface area contributed by atoms with E-state index < -0.39 is 0 Å². The second-order valence-corrected chi connectivity index (χ2v) is 7.16. The Hall–Kier alpha value is -1.21. The first-order valence-corrected chi connectivity index (χ1v) is 9.09. The van der Waals surface area contributed by atoms with Crippen LogP contribution in [0, 0.1) is 0 Å². The molecule has 1 N–H and O–H groups in total. The van der Waals surface area contributed by atoms with E-state index in [0.717, 1.165) is 60.7 Å². The van der Waals surface area contributed by atoms with Gasteiger partial charge in [0.2, 0.25) is 5.13 Å². The second-order valence-electron chi connectivity index (χ2n) is 5.69. The van der Waals surface area contributed by atoms with Gasteiger partial charge in [-0.05, 0) is 30.7 Å². The lowest BCUT2D eigenvalue weighted by Crippen LogP contribution is -2.32. The molecule has 0 aliphatic carbocycles. The van der Waals surface area contributed by atoms with Crippen molar-refractivity contribution >= 4 is 28.1 Å². The van der Waals surface area contributed by atoms with E-state index in [1.165, 1.54) is 5.56 Å². The molecule has 0 unspecified atom stereocenters. The monoisotopic (exact) mass is 352 g/mol. The summed E-state index contributed by atoms with van der Waals surface area (Å²) in [7, 11) is 0. The van der Waals surface area contributed by atoms with Crippen molar-refractivity contribution in [2.24, 2.45) is 0 Å². The Morgan fingerprint density at radius 2 is 1.91 bits per heavy atom. The number of anilines is 1. The van der Waals surface area contributed by atoms with E-state index in [-0.39, 0.29) is 6.61 Å². The second kappa shape index (κ2) is 8.06. The molecule has 0 bridgehead atoms. The van der Waals surface area contributed by atoms with Crippen LogP contribution in [0.1, 0.15) is 17.0 Å². The van der Waals surface area contributed by atoms with E-state index in [2.05, 4.69) is 20.0 Å². The van der Waals surface area contributed by atoms with Crippen molar-refractivity contribution in [3.8, 4) is 0 Å². The third-order valence-electron chi connectivity index (χ3n) is 4.00. The highest BCUT2D eigenvalue weighted by atomic mass is 35.5. The minimum absolute atomic E-state index is 0.226. The molecule has 5 nitrogen and oxygen atoms in total. The van der Waals surface area contributed by atoms with Crippen LogP contribution in [0.3, 0.4) is 0 Å². The number of hydrogen-bond donors (Lipinski definition) is 1.